The molecule has 4 rings (SSSR count). The predicted molar refractivity (Wildman–Crippen MR) is 116 cm³/mol. The van der Waals surface area contributed by atoms with Gasteiger partial charge in [-0.2, -0.15) is 0 Å². The van der Waals surface area contributed by atoms with Crippen molar-refractivity contribution < 1.29 is 14.3 Å². The van der Waals surface area contributed by atoms with E-state index in [1.165, 1.54) is 0 Å². The number of allylic oxidation sites excluding steroid dienone is 2. The molecule has 1 N–H and O–H groups in total. The van der Waals surface area contributed by atoms with Gasteiger partial charge in [0.25, 0.3) is 0 Å². The number of carbonyl (C=O) groups is 2. The Morgan fingerprint density at radius 2 is 1.79 bits per heavy atom. The Balaban J connectivity index is 1.62. The molecule has 0 aromatic heterocycles. The van der Waals surface area contributed by atoms with Crippen LogP contribution >= 0.6 is 15.9 Å². The van der Waals surface area contributed by atoms with Crippen molar-refractivity contribution in [1.29, 1.82) is 0 Å². The van der Waals surface area contributed by atoms with Gasteiger partial charge in [0.05, 0.1) is 6.61 Å². The first-order valence-electron chi connectivity index (χ1n) is 10.1. The van der Waals surface area contributed by atoms with Crippen LogP contribution in [0.1, 0.15) is 55.6 Å². The Bertz CT molecular complexity index is 964. The molecule has 0 spiro atoms. The predicted octanol–water partition coefficient (Wildman–Crippen LogP) is 5.24. The summed E-state index contributed by atoms with van der Waals surface area (Å²) in [7, 11) is 0. The number of amides is 1. The number of Topliss-reactive ketones (excluding diaryl/α,β-unsaturated/α-hetero) is 1. The standard InChI is InChI=1S/C24H24BrNO3/c1-2-11-29-17-9-7-15(8-10-17)16-12-21-24(22(27)13-16)19(14-23(28)26-21)18-5-3-4-6-20(18)25/h3-10,16,19H,2,11-14H2,1H3,(H,26,28). The third-order valence-corrected chi connectivity index (χ3v) is 6.36. The quantitative estimate of drug-likeness (QED) is 0.672. The van der Waals surface area contributed by atoms with Crippen molar-refractivity contribution in [3.63, 3.8) is 0 Å². The molecule has 1 heterocycles. The smallest absolute Gasteiger partial charge is 0.225 e. The lowest BCUT2D eigenvalue weighted by molar-refractivity contribution is -0.122. The highest BCUT2D eigenvalue weighted by Gasteiger charge is 2.38. The number of ketones is 1. The van der Waals surface area contributed by atoms with Gasteiger partial charge in [-0.1, -0.05) is 53.2 Å². The van der Waals surface area contributed by atoms with Crippen LogP contribution < -0.4 is 10.1 Å². The van der Waals surface area contributed by atoms with Gasteiger partial charge in [-0.3, -0.25) is 9.59 Å². The Kier molecular flexibility index (Phi) is 5.86. The monoisotopic (exact) mass is 453 g/mol. The van der Waals surface area contributed by atoms with Gasteiger partial charge >= 0.3 is 0 Å². The molecule has 2 unspecified atom stereocenters. The summed E-state index contributed by atoms with van der Waals surface area (Å²) in [5.74, 6) is 0.828. The van der Waals surface area contributed by atoms with Gasteiger partial charge in [-0.05, 0) is 48.1 Å². The largest absolute Gasteiger partial charge is 0.494 e. The fourth-order valence-corrected chi connectivity index (χ4v) is 4.84. The molecule has 2 atom stereocenters. The number of ether oxygens (including phenoxy) is 1. The molecule has 29 heavy (non-hydrogen) atoms. The molecule has 0 bridgehead atoms. The zero-order valence-electron chi connectivity index (χ0n) is 16.4. The first-order chi connectivity index (χ1) is 14.1. The van der Waals surface area contributed by atoms with Crippen molar-refractivity contribution in [3.05, 3.63) is 75.4 Å². The minimum absolute atomic E-state index is 0.0266. The fraction of sp³-hybridized carbons (Fsp3) is 0.333. The lowest BCUT2D eigenvalue weighted by atomic mass is 9.73. The van der Waals surface area contributed by atoms with Gasteiger partial charge in [0.15, 0.2) is 5.78 Å². The van der Waals surface area contributed by atoms with E-state index in [4.69, 9.17) is 4.74 Å². The van der Waals surface area contributed by atoms with Crippen molar-refractivity contribution in [3.8, 4) is 5.75 Å². The number of hydrogen-bond donors (Lipinski definition) is 1. The molecule has 0 fully saturated rings. The van der Waals surface area contributed by atoms with Gasteiger partial charge in [0.2, 0.25) is 5.91 Å². The van der Waals surface area contributed by atoms with Gasteiger partial charge < -0.3 is 10.1 Å². The van der Waals surface area contributed by atoms with Gasteiger partial charge in [0.1, 0.15) is 5.75 Å². The molecular weight excluding hydrogens is 430 g/mol. The van der Waals surface area contributed by atoms with Crippen molar-refractivity contribution >= 4 is 27.6 Å². The molecule has 0 saturated carbocycles. The summed E-state index contributed by atoms with van der Waals surface area (Å²) in [4.78, 5) is 25.6. The maximum absolute atomic E-state index is 13.2. The first kappa shape index (κ1) is 19.9. The Labute approximate surface area is 179 Å². The van der Waals surface area contributed by atoms with Crippen LogP contribution in [0.15, 0.2) is 64.3 Å². The van der Waals surface area contributed by atoms with Crippen molar-refractivity contribution in [2.24, 2.45) is 0 Å². The maximum Gasteiger partial charge on any atom is 0.225 e. The summed E-state index contributed by atoms with van der Waals surface area (Å²) in [5, 5.41) is 2.99. The topological polar surface area (TPSA) is 55.4 Å². The molecule has 0 saturated heterocycles. The van der Waals surface area contributed by atoms with Gasteiger partial charge in [-0.25, -0.2) is 0 Å². The third kappa shape index (κ3) is 4.15. The minimum atomic E-state index is -0.187. The van der Waals surface area contributed by atoms with Gasteiger partial charge in [-0.15, -0.1) is 0 Å². The second-order valence-corrected chi connectivity index (χ2v) is 8.52. The molecule has 4 nitrogen and oxygen atoms in total. The molecule has 2 aliphatic rings. The summed E-state index contributed by atoms with van der Waals surface area (Å²) in [5.41, 5.74) is 3.66. The zero-order chi connectivity index (χ0) is 20.4. The van der Waals surface area contributed by atoms with Crippen LogP contribution in [0.2, 0.25) is 0 Å². The fourth-order valence-electron chi connectivity index (χ4n) is 4.28. The molecule has 1 aliphatic heterocycles. The summed E-state index contributed by atoms with van der Waals surface area (Å²) >= 11 is 3.58. The average molecular weight is 454 g/mol. The van der Waals surface area contributed by atoms with Gasteiger partial charge in [0, 0.05) is 34.5 Å². The van der Waals surface area contributed by atoms with Crippen LogP contribution in [0, 0.1) is 0 Å². The van der Waals surface area contributed by atoms with E-state index in [9.17, 15) is 9.59 Å². The molecule has 150 valence electrons. The molecule has 2 aromatic carbocycles. The number of rotatable bonds is 5. The van der Waals surface area contributed by atoms with E-state index in [2.05, 4.69) is 28.2 Å². The Morgan fingerprint density at radius 1 is 1.03 bits per heavy atom. The van der Waals surface area contributed by atoms with Crippen LogP contribution in [0.25, 0.3) is 0 Å². The Morgan fingerprint density at radius 3 is 2.52 bits per heavy atom. The van der Waals surface area contributed by atoms with Crippen LogP contribution in [-0.2, 0) is 9.59 Å². The Hall–Kier alpha value is -2.40. The summed E-state index contributed by atoms with van der Waals surface area (Å²) in [6.45, 7) is 2.77. The molecule has 1 amide bonds. The summed E-state index contributed by atoms with van der Waals surface area (Å²) < 4.78 is 6.59. The van der Waals surface area contributed by atoms with Crippen LogP contribution in [-0.4, -0.2) is 18.3 Å². The van der Waals surface area contributed by atoms with Crippen LogP contribution in [0.5, 0.6) is 5.75 Å². The van der Waals surface area contributed by atoms with Crippen LogP contribution in [0.3, 0.4) is 0 Å². The average Bonchev–Trinajstić information content (AvgIpc) is 2.72. The summed E-state index contributed by atoms with van der Waals surface area (Å²) in [6, 6.07) is 15.8. The highest BCUT2D eigenvalue weighted by molar-refractivity contribution is 9.10. The normalized spacial score (nSPS) is 21.6. The highest BCUT2D eigenvalue weighted by Crippen LogP contribution is 2.44. The van der Waals surface area contributed by atoms with Crippen molar-refractivity contribution in [1.82, 2.24) is 5.32 Å². The molecule has 5 heteroatoms. The maximum atomic E-state index is 13.2. The zero-order valence-corrected chi connectivity index (χ0v) is 18.0. The number of halogens is 1. The number of benzene rings is 2. The summed E-state index contributed by atoms with van der Waals surface area (Å²) in [6.07, 6.45) is 2.41. The lowest BCUT2D eigenvalue weighted by Gasteiger charge is -2.34. The molecular formula is C24H24BrNO3. The third-order valence-electron chi connectivity index (χ3n) is 5.64. The van der Waals surface area contributed by atoms with E-state index < -0.39 is 0 Å². The van der Waals surface area contributed by atoms with Crippen LogP contribution in [0.4, 0.5) is 0 Å². The molecule has 1 aliphatic carbocycles. The second-order valence-electron chi connectivity index (χ2n) is 7.66. The number of hydrogen-bond acceptors (Lipinski definition) is 3. The lowest BCUT2D eigenvalue weighted by Crippen LogP contribution is -2.38. The molecule has 2 aromatic rings. The van der Waals surface area contributed by atoms with Crippen molar-refractivity contribution in [2.75, 3.05) is 6.61 Å². The van der Waals surface area contributed by atoms with E-state index in [0.29, 0.717) is 25.9 Å². The van der Waals surface area contributed by atoms with E-state index >= 15 is 0 Å². The van der Waals surface area contributed by atoms with E-state index in [0.717, 1.165) is 39.0 Å². The van der Waals surface area contributed by atoms with E-state index in [1.54, 1.807) is 0 Å². The molecule has 0 radical (unpaired) electrons. The number of carbonyl (C=O) groups excluding carboxylic acids is 2. The van der Waals surface area contributed by atoms with Crippen molar-refractivity contribution in [2.45, 2.75) is 44.4 Å². The minimum Gasteiger partial charge on any atom is -0.494 e. The second kappa shape index (κ2) is 8.54. The highest BCUT2D eigenvalue weighted by atomic mass is 79.9. The first-order valence-corrected chi connectivity index (χ1v) is 10.9. The number of nitrogens with one attached hydrogen (secondary N) is 1. The van der Waals surface area contributed by atoms with E-state index in [1.807, 2.05) is 48.5 Å². The van der Waals surface area contributed by atoms with E-state index in [-0.39, 0.29) is 23.5 Å². The SMILES string of the molecule is CCCOc1ccc(C2CC(=O)C3=C(C2)NC(=O)CC3c2ccccc2Br)cc1.